The van der Waals surface area contributed by atoms with E-state index in [0.29, 0.717) is 11.5 Å². The van der Waals surface area contributed by atoms with Gasteiger partial charge in [-0.2, -0.15) is 8.78 Å². The summed E-state index contributed by atoms with van der Waals surface area (Å²) in [6, 6.07) is 20.8. The van der Waals surface area contributed by atoms with Gasteiger partial charge >= 0.3 is 12.3 Å². The first-order valence-corrected chi connectivity index (χ1v) is 14.1. The van der Waals surface area contributed by atoms with Crippen LogP contribution in [0.15, 0.2) is 72.8 Å². The maximum absolute atomic E-state index is 13.7. The lowest BCUT2D eigenvalue weighted by Gasteiger charge is -2.23. The molecular formula is C34H29F4NO3. The fourth-order valence-corrected chi connectivity index (χ4v) is 6.22. The minimum Gasteiger partial charge on any atom is -0.486 e. The number of ketones is 1. The van der Waals surface area contributed by atoms with Crippen molar-refractivity contribution < 1.29 is 31.9 Å². The molecule has 0 aliphatic heterocycles. The van der Waals surface area contributed by atoms with Gasteiger partial charge in [0.15, 0.2) is 18.7 Å². The highest BCUT2D eigenvalue weighted by atomic mass is 19.3. The van der Waals surface area contributed by atoms with Crippen LogP contribution in [0.5, 0.6) is 5.75 Å². The van der Waals surface area contributed by atoms with Gasteiger partial charge in [0.2, 0.25) is 0 Å². The number of halogens is 4. The molecule has 0 radical (unpaired) electrons. The Bertz CT molecular complexity index is 1800. The van der Waals surface area contributed by atoms with E-state index < -0.39 is 24.7 Å². The fraction of sp³-hybridized carbons (Fsp3) is 0.294. The van der Waals surface area contributed by atoms with Crippen molar-refractivity contribution in [3.8, 4) is 5.75 Å². The van der Waals surface area contributed by atoms with Gasteiger partial charge in [0.1, 0.15) is 5.75 Å². The van der Waals surface area contributed by atoms with Crippen LogP contribution in [0.4, 0.5) is 17.6 Å². The molecule has 6 rings (SSSR count). The second-order valence-electron chi connectivity index (χ2n) is 11.0. The molecule has 1 aromatic heterocycles. The number of aromatic nitrogens is 1. The van der Waals surface area contributed by atoms with Crippen LogP contribution in [-0.4, -0.2) is 35.6 Å². The van der Waals surface area contributed by atoms with Crippen molar-refractivity contribution in [2.75, 3.05) is 6.61 Å². The van der Waals surface area contributed by atoms with Crippen molar-refractivity contribution in [1.82, 2.24) is 4.57 Å². The molecular weight excluding hydrogens is 546 g/mol. The molecule has 42 heavy (non-hydrogen) atoms. The maximum Gasteiger partial charge on any atom is 0.340 e. The zero-order valence-electron chi connectivity index (χ0n) is 22.8. The molecule has 4 nitrogen and oxygen atoms in total. The van der Waals surface area contributed by atoms with E-state index in [1.165, 1.54) is 37.5 Å². The summed E-state index contributed by atoms with van der Waals surface area (Å²) in [6.07, 6.45) is 2.87. The third-order valence-electron chi connectivity index (χ3n) is 8.32. The fourth-order valence-electron chi connectivity index (χ4n) is 6.22. The van der Waals surface area contributed by atoms with Crippen LogP contribution in [0.25, 0.3) is 32.6 Å². The summed E-state index contributed by atoms with van der Waals surface area (Å²) >= 11 is 0. The smallest absolute Gasteiger partial charge is 0.340 e. The summed E-state index contributed by atoms with van der Waals surface area (Å²) in [5.74, 6) is -4.53. The van der Waals surface area contributed by atoms with Crippen molar-refractivity contribution in [3.05, 3.63) is 89.5 Å². The Morgan fingerprint density at radius 2 is 1.62 bits per heavy atom. The number of aldehydes is 1. The predicted octanol–water partition coefficient (Wildman–Crippen LogP) is 8.85. The Labute approximate surface area is 239 Å². The molecule has 1 fully saturated rings. The quantitative estimate of drug-likeness (QED) is 0.100. The first kappa shape index (κ1) is 27.9. The minimum atomic E-state index is -4.35. The van der Waals surface area contributed by atoms with E-state index in [0.717, 1.165) is 58.3 Å². The number of fused-ring (bicyclic) bond motifs is 5. The van der Waals surface area contributed by atoms with Gasteiger partial charge in [0.25, 0.3) is 0 Å². The number of carbonyl (C=O) groups is 2. The first-order chi connectivity index (χ1) is 20.3. The number of carbonyl (C=O) groups excluding carboxylic acids is 2. The Morgan fingerprint density at radius 3 is 2.36 bits per heavy atom. The largest absolute Gasteiger partial charge is 0.486 e. The Kier molecular flexibility index (Phi) is 7.47. The number of hydrogen-bond donors (Lipinski definition) is 0. The molecule has 5 aromatic rings. The predicted molar refractivity (Wildman–Crippen MR) is 155 cm³/mol. The summed E-state index contributed by atoms with van der Waals surface area (Å²) in [4.78, 5) is 25.8. The van der Waals surface area contributed by atoms with E-state index in [1.807, 2.05) is 36.4 Å². The van der Waals surface area contributed by atoms with Crippen LogP contribution in [0.1, 0.15) is 58.4 Å². The molecule has 1 saturated carbocycles. The summed E-state index contributed by atoms with van der Waals surface area (Å²) < 4.78 is 59.9. The van der Waals surface area contributed by atoms with Crippen LogP contribution in [0.3, 0.4) is 0 Å². The van der Waals surface area contributed by atoms with Crippen LogP contribution in [-0.2, 0) is 6.54 Å². The van der Waals surface area contributed by atoms with Gasteiger partial charge in [-0.15, -0.1) is 0 Å². The minimum absolute atomic E-state index is 0.00751. The summed E-state index contributed by atoms with van der Waals surface area (Å²) in [5.41, 5.74) is 2.76. The molecule has 0 spiro atoms. The van der Waals surface area contributed by atoms with Gasteiger partial charge in [0.05, 0.1) is 11.1 Å². The van der Waals surface area contributed by atoms with Gasteiger partial charge < -0.3 is 9.30 Å². The highest BCUT2D eigenvalue weighted by Gasteiger charge is 2.42. The number of para-hydroxylation sites is 1. The van der Waals surface area contributed by atoms with Crippen molar-refractivity contribution >= 4 is 44.6 Å². The number of benzene rings is 4. The molecule has 8 heteroatoms. The molecule has 0 N–H and O–H groups in total. The second kappa shape index (κ2) is 11.2. The van der Waals surface area contributed by atoms with Crippen LogP contribution >= 0.6 is 0 Å². The summed E-state index contributed by atoms with van der Waals surface area (Å²) in [5, 5.41) is 3.45. The molecule has 1 aliphatic carbocycles. The highest BCUT2D eigenvalue weighted by molar-refractivity contribution is 6.22. The standard InChI is InChI=1S/C34H29F4NO3/c35-33(36)34(37,38)20-42-30-13-7-6-12-26(30)32(41)22-14-15-29-27(16-22)28-17-23(19-40)24-10-4-5-11-25(24)31(28)39(29)18-21-8-2-1-3-9-21/h4-7,10-17,19,21,33H,1-3,8-9,18,20H2. The Balaban J connectivity index is 1.48. The maximum atomic E-state index is 13.7. The number of rotatable bonds is 9. The number of ether oxygens (including phenoxy) is 1. The molecule has 1 heterocycles. The van der Waals surface area contributed by atoms with Crippen molar-refractivity contribution in [2.24, 2.45) is 5.92 Å². The molecule has 0 saturated heterocycles. The van der Waals surface area contributed by atoms with Gasteiger partial charge in [0, 0.05) is 39.3 Å². The van der Waals surface area contributed by atoms with Crippen molar-refractivity contribution in [1.29, 1.82) is 0 Å². The molecule has 0 bridgehead atoms. The number of hydrogen-bond acceptors (Lipinski definition) is 3. The molecule has 0 unspecified atom stereocenters. The normalized spacial score (nSPS) is 14.7. The monoisotopic (exact) mass is 575 g/mol. The van der Waals surface area contributed by atoms with E-state index in [1.54, 1.807) is 18.2 Å². The summed E-state index contributed by atoms with van der Waals surface area (Å²) in [7, 11) is 0. The highest BCUT2D eigenvalue weighted by Crippen LogP contribution is 2.39. The Morgan fingerprint density at radius 1 is 0.905 bits per heavy atom. The molecule has 4 aromatic carbocycles. The topological polar surface area (TPSA) is 48.3 Å². The van der Waals surface area contributed by atoms with Crippen molar-refractivity contribution in [3.63, 3.8) is 0 Å². The zero-order chi connectivity index (χ0) is 29.4. The third kappa shape index (κ3) is 5.03. The van der Waals surface area contributed by atoms with E-state index in [-0.39, 0.29) is 16.9 Å². The van der Waals surface area contributed by atoms with E-state index in [4.69, 9.17) is 4.74 Å². The molecule has 0 atom stereocenters. The average Bonchev–Trinajstić information content (AvgIpc) is 3.32. The molecule has 0 amide bonds. The number of alkyl halides is 4. The van der Waals surface area contributed by atoms with Crippen LogP contribution in [0, 0.1) is 5.92 Å². The first-order valence-electron chi connectivity index (χ1n) is 14.1. The lowest BCUT2D eigenvalue weighted by Crippen LogP contribution is -2.34. The average molecular weight is 576 g/mol. The van der Waals surface area contributed by atoms with Crippen LogP contribution in [0.2, 0.25) is 0 Å². The lowest BCUT2D eigenvalue weighted by atomic mass is 9.89. The van der Waals surface area contributed by atoms with Gasteiger partial charge in [-0.25, -0.2) is 8.78 Å². The third-order valence-corrected chi connectivity index (χ3v) is 8.32. The van der Waals surface area contributed by atoms with Gasteiger partial charge in [-0.1, -0.05) is 55.7 Å². The van der Waals surface area contributed by atoms with Crippen LogP contribution < -0.4 is 4.74 Å². The van der Waals surface area contributed by atoms with Gasteiger partial charge in [-0.05, 0) is 60.5 Å². The lowest BCUT2D eigenvalue weighted by molar-refractivity contribution is -0.148. The van der Waals surface area contributed by atoms with E-state index in [2.05, 4.69) is 4.57 Å². The molecule has 216 valence electrons. The molecule has 1 aliphatic rings. The second-order valence-corrected chi connectivity index (χ2v) is 11.0. The SMILES string of the molecule is O=Cc1cc2c3cc(C(=O)c4ccccc4OCC(F)(F)C(F)F)ccc3n(CC3CCCCC3)c2c2ccccc12. The van der Waals surface area contributed by atoms with Crippen molar-refractivity contribution in [2.45, 2.75) is 51.0 Å². The van der Waals surface area contributed by atoms with E-state index >= 15 is 0 Å². The Hall–Kier alpha value is -4.20. The van der Waals surface area contributed by atoms with E-state index in [9.17, 15) is 27.2 Å². The number of nitrogens with zero attached hydrogens (tertiary/aromatic N) is 1. The summed E-state index contributed by atoms with van der Waals surface area (Å²) in [6.45, 7) is -0.739. The van der Waals surface area contributed by atoms with Gasteiger partial charge in [-0.3, -0.25) is 9.59 Å². The zero-order valence-corrected chi connectivity index (χ0v) is 22.8.